The Balaban J connectivity index is 1.28. The third-order valence-corrected chi connectivity index (χ3v) is 9.46. The summed E-state index contributed by atoms with van der Waals surface area (Å²) in [4.78, 5) is 52.7. The van der Waals surface area contributed by atoms with Gasteiger partial charge in [0.25, 0.3) is 0 Å². The molecule has 1 saturated heterocycles. The van der Waals surface area contributed by atoms with Crippen molar-refractivity contribution in [3.63, 3.8) is 0 Å². The number of furan rings is 1. The van der Waals surface area contributed by atoms with Gasteiger partial charge in [-0.25, -0.2) is 4.98 Å². The van der Waals surface area contributed by atoms with E-state index in [1.807, 2.05) is 53.5 Å². The number of imidazole rings is 1. The van der Waals surface area contributed by atoms with Crippen molar-refractivity contribution >= 4 is 28.6 Å². The molecule has 5 heterocycles. The molecule has 0 aliphatic carbocycles. The molecular formula is C33H40N6O4. The minimum Gasteiger partial charge on any atom is -0.464 e. The van der Waals surface area contributed by atoms with Crippen LogP contribution in [0.3, 0.4) is 0 Å². The number of aryl methyl sites for hydroxylation is 1. The van der Waals surface area contributed by atoms with E-state index in [0.717, 1.165) is 46.4 Å². The lowest BCUT2D eigenvalue weighted by molar-refractivity contribution is -0.164. The van der Waals surface area contributed by atoms with Gasteiger partial charge >= 0.3 is 0 Å². The standard InChI is InChI=1S/C33H40N6O4/c1-4-38(5-2)32(42)26-18-23(20-29(40)35-12-7-14-37-16-13-34-21-37)31(41)39-15-11-25-24-10-9-22(28-8-6-17-43-28)19-27(24)36-30(25)33(26,39)3/h6,8-10,13,16-17,19,21,23,26,36H,4-5,7,11-12,14-15,18,20H2,1-3H3,(H,35,40)/t23-,26-,33+/m1/s1. The van der Waals surface area contributed by atoms with E-state index >= 15 is 0 Å². The quantitative estimate of drug-likeness (QED) is 0.269. The molecule has 10 nitrogen and oxygen atoms in total. The van der Waals surface area contributed by atoms with Crippen LogP contribution in [0.4, 0.5) is 0 Å². The molecule has 10 heteroatoms. The lowest BCUT2D eigenvalue weighted by Crippen LogP contribution is -2.64. The lowest BCUT2D eigenvalue weighted by atomic mass is 9.67. The first-order chi connectivity index (χ1) is 20.8. The van der Waals surface area contributed by atoms with Crippen LogP contribution in [0.1, 0.15) is 51.3 Å². The number of benzene rings is 1. The summed E-state index contributed by atoms with van der Waals surface area (Å²) in [7, 11) is 0. The van der Waals surface area contributed by atoms with E-state index in [1.54, 1.807) is 18.8 Å². The molecule has 2 N–H and O–H groups in total. The Hall–Kier alpha value is -4.34. The highest BCUT2D eigenvalue weighted by molar-refractivity contribution is 5.93. The summed E-state index contributed by atoms with van der Waals surface area (Å²) in [6.45, 7) is 8.94. The number of nitrogens with one attached hydrogen (secondary N) is 2. The van der Waals surface area contributed by atoms with Crippen LogP contribution in [0.5, 0.6) is 0 Å². The molecule has 2 aliphatic rings. The Morgan fingerprint density at radius 2 is 2.07 bits per heavy atom. The summed E-state index contributed by atoms with van der Waals surface area (Å²) in [5.41, 5.74) is 3.14. The molecule has 226 valence electrons. The zero-order chi connectivity index (χ0) is 30.1. The molecule has 43 heavy (non-hydrogen) atoms. The predicted octanol–water partition coefficient (Wildman–Crippen LogP) is 4.33. The number of rotatable bonds is 10. The lowest BCUT2D eigenvalue weighted by Gasteiger charge is -2.54. The maximum absolute atomic E-state index is 14.2. The zero-order valence-corrected chi connectivity index (χ0v) is 25.1. The summed E-state index contributed by atoms with van der Waals surface area (Å²) in [6, 6.07) is 10.0. The van der Waals surface area contributed by atoms with Crippen LogP contribution >= 0.6 is 0 Å². The fourth-order valence-corrected chi connectivity index (χ4v) is 7.14. The van der Waals surface area contributed by atoms with Crippen LogP contribution in [0.15, 0.2) is 59.7 Å². The highest BCUT2D eigenvalue weighted by Crippen LogP contribution is 2.50. The van der Waals surface area contributed by atoms with Gasteiger partial charge in [-0.05, 0) is 63.8 Å². The summed E-state index contributed by atoms with van der Waals surface area (Å²) in [6.07, 6.45) is 8.88. The van der Waals surface area contributed by atoms with Crippen molar-refractivity contribution in [3.05, 3.63) is 66.6 Å². The van der Waals surface area contributed by atoms with E-state index in [-0.39, 0.29) is 24.1 Å². The van der Waals surface area contributed by atoms with Crippen molar-refractivity contribution in [1.29, 1.82) is 0 Å². The Morgan fingerprint density at radius 1 is 1.23 bits per heavy atom. The molecule has 3 atom stereocenters. The van der Waals surface area contributed by atoms with Crippen LogP contribution < -0.4 is 5.32 Å². The largest absolute Gasteiger partial charge is 0.464 e. The molecular weight excluding hydrogens is 544 g/mol. The van der Waals surface area contributed by atoms with Crippen molar-refractivity contribution in [1.82, 2.24) is 29.7 Å². The van der Waals surface area contributed by atoms with E-state index in [1.165, 1.54) is 0 Å². The fraction of sp³-hybridized carbons (Fsp3) is 0.455. The molecule has 0 bridgehead atoms. The van der Waals surface area contributed by atoms with Gasteiger partial charge in [0, 0.05) is 79.6 Å². The number of H-pyrrole nitrogens is 1. The molecule has 4 aromatic rings. The van der Waals surface area contributed by atoms with Crippen molar-refractivity contribution in [2.24, 2.45) is 11.8 Å². The Kier molecular flexibility index (Phi) is 7.85. The number of hydrogen-bond acceptors (Lipinski definition) is 5. The minimum absolute atomic E-state index is 0.0264. The van der Waals surface area contributed by atoms with Gasteiger partial charge in [0.1, 0.15) is 5.76 Å². The number of fused-ring (bicyclic) bond motifs is 5. The number of hydrogen-bond donors (Lipinski definition) is 2. The Labute approximate surface area is 251 Å². The van der Waals surface area contributed by atoms with E-state index < -0.39 is 17.4 Å². The summed E-state index contributed by atoms with van der Waals surface area (Å²) in [5, 5.41) is 4.08. The van der Waals surface area contributed by atoms with Crippen LogP contribution in [0, 0.1) is 11.8 Å². The van der Waals surface area contributed by atoms with Crippen LogP contribution in [0.2, 0.25) is 0 Å². The average Bonchev–Trinajstić information content (AvgIpc) is 3.79. The molecule has 0 radical (unpaired) electrons. The molecule has 6 rings (SSSR count). The van der Waals surface area contributed by atoms with Crippen LogP contribution in [-0.4, -0.2) is 68.2 Å². The van der Waals surface area contributed by atoms with Crippen LogP contribution in [-0.2, 0) is 32.9 Å². The summed E-state index contributed by atoms with van der Waals surface area (Å²) < 4.78 is 7.59. The number of amides is 3. The van der Waals surface area contributed by atoms with E-state index in [4.69, 9.17) is 4.42 Å². The monoisotopic (exact) mass is 584 g/mol. The average molecular weight is 585 g/mol. The van der Waals surface area contributed by atoms with Gasteiger partial charge in [-0.15, -0.1) is 0 Å². The van der Waals surface area contributed by atoms with Gasteiger partial charge in [0.2, 0.25) is 17.7 Å². The van der Waals surface area contributed by atoms with Crippen molar-refractivity contribution in [3.8, 4) is 11.3 Å². The summed E-state index contributed by atoms with van der Waals surface area (Å²) in [5.74, 6) is -0.440. The van der Waals surface area contributed by atoms with Crippen molar-refractivity contribution in [2.45, 2.75) is 58.5 Å². The van der Waals surface area contributed by atoms with Gasteiger partial charge in [-0.1, -0.05) is 12.1 Å². The molecule has 3 amide bonds. The molecule has 2 aliphatic heterocycles. The minimum atomic E-state index is -0.855. The number of carbonyl (C=O) groups excluding carboxylic acids is 3. The van der Waals surface area contributed by atoms with Crippen LogP contribution in [0.25, 0.3) is 22.2 Å². The second-order valence-electron chi connectivity index (χ2n) is 11.8. The molecule has 0 unspecified atom stereocenters. The number of aromatic nitrogens is 3. The molecule has 1 fully saturated rings. The Morgan fingerprint density at radius 3 is 2.79 bits per heavy atom. The normalized spacial score (nSPS) is 21.5. The van der Waals surface area contributed by atoms with E-state index in [2.05, 4.69) is 33.5 Å². The molecule has 0 spiro atoms. The number of carbonyl (C=O) groups is 3. The SMILES string of the molecule is CCN(CC)C(=O)[C@H]1C[C@H](CC(=O)NCCCn2ccnc2)C(=O)N2CCc3c([nH]c4cc(-c5ccco5)ccc34)[C@]12C. The number of nitrogens with zero attached hydrogens (tertiary/aromatic N) is 4. The highest BCUT2D eigenvalue weighted by Gasteiger charge is 2.57. The maximum Gasteiger partial charge on any atom is 0.228 e. The smallest absolute Gasteiger partial charge is 0.228 e. The highest BCUT2D eigenvalue weighted by atomic mass is 16.3. The first-order valence-corrected chi connectivity index (χ1v) is 15.4. The van der Waals surface area contributed by atoms with Gasteiger partial charge in [-0.2, -0.15) is 0 Å². The van der Waals surface area contributed by atoms with Gasteiger partial charge in [-0.3, -0.25) is 14.4 Å². The van der Waals surface area contributed by atoms with Gasteiger partial charge in [0.05, 0.1) is 24.0 Å². The molecule has 1 aromatic carbocycles. The topological polar surface area (TPSA) is 116 Å². The zero-order valence-electron chi connectivity index (χ0n) is 25.1. The maximum atomic E-state index is 14.2. The molecule has 0 saturated carbocycles. The predicted molar refractivity (Wildman–Crippen MR) is 163 cm³/mol. The first-order valence-electron chi connectivity index (χ1n) is 15.4. The second kappa shape index (κ2) is 11.7. The summed E-state index contributed by atoms with van der Waals surface area (Å²) >= 11 is 0. The second-order valence-corrected chi connectivity index (χ2v) is 11.8. The third kappa shape index (κ3) is 5.13. The van der Waals surface area contributed by atoms with Crippen molar-refractivity contribution < 1.29 is 18.8 Å². The van der Waals surface area contributed by atoms with E-state index in [0.29, 0.717) is 39.0 Å². The molecule has 3 aromatic heterocycles. The van der Waals surface area contributed by atoms with Gasteiger partial charge in [0.15, 0.2) is 0 Å². The number of piperidine rings is 1. The first kappa shape index (κ1) is 28.8. The van der Waals surface area contributed by atoms with Gasteiger partial charge < -0.3 is 29.1 Å². The van der Waals surface area contributed by atoms with E-state index in [9.17, 15) is 14.4 Å². The van der Waals surface area contributed by atoms with Crippen molar-refractivity contribution in [2.75, 3.05) is 26.2 Å². The fourth-order valence-electron chi connectivity index (χ4n) is 7.14. The Bertz CT molecular complexity index is 1600. The third-order valence-electron chi connectivity index (χ3n) is 9.46. The number of aromatic amines is 1.